The Kier molecular flexibility index (Phi) is 4.43. The highest BCUT2D eigenvalue weighted by atomic mass is 35.5. The van der Waals surface area contributed by atoms with Crippen molar-refractivity contribution in [3.63, 3.8) is 0 Å². The molecule has 1 heterocycles. The molecule has 0 radical (unpaired) electrons. The van der Waals surface area contributed by atoms with Crippen LogP contribution in [-0.4, -0.2) is 9.97 Å². The van der Waals surface area contributed by atoms with Crippen LogP contribution in [0.3, 0.4) is 0 Å². The quantitative estimate of drug-likeness (QED) is 0.748. The minimum Gasteiger partial charge on any atom is -0.220 e. The van der Waals surface area contributed by atoms with Gasteiger partial charge in [0.25, 0.3) is 0 Å². The molecule has 0 atom stereocenters. The number of aromatic nitrogens is 2. The monoisotopic (exact) mass is 294 g/mol. The average Bonchev–Trinajstić information content (AvgIpc) is 2.29. The lowest BCUT2D eigenvalue weighted by atomic mass is 10.0. The molecular weight excluding hydrogens is 279 g/mol. The van der Waals surface area contributed by atoms with Crippen LogP contribution in [0.5, 0.6) is 0 Å². The van der Waals surface area contributed by atoms with E-state index in [4.69, 9.17) is 23.2 Å². The van der Waals surface area contributed by atoms with Gasteiger partial charge in [-0.3, -0.25) is 0 Å². The second-order valence-corrected chi connectivity index (χ2v) is 5.73. The summed E-state index contributed by atoms with van der Waals surface area (Å²) in [5, 5.41) is 0.843. The van der Waals surface area contributed by atoms with E-state index in [1.165, 1.54) is 0 Å². The smallest absolute Gasteiger partial charge is 0.142 e. The number of rotatable bonds is 3. The van der Waals surface area contributed by atoms with Crippen molar-refractivity contribution in [2.24, 2.45) is 5.92 Å². The number of aryl methyl sites for hydroxylation is 1. The summed E-state index contributed by atoms with van der Waals surface area (Å²) in [7, 11) is 0. The molecule has 0 amide bonds. The molecule has 2 nitrogen and oxygen atoms in total. The Bertz CT molecular complexity index is 571. The summed E-state index contributed by atoms with van der Waals surface area (Å²) in [6.07, 6.45) is 0.771. The normalized spacial score (nSPS) is 11.1. The van der Waals surface area contributed by atoms with Crippen molar-refractivity contribution in [3.05, 3.63) is 46.0 Å². The third kappa shape index (κ3) is 3.26. The predicted octanol–water partition coefficient (Wildman–Crippen LogP) is 4.96. The Morgan fingerprint density at radius 1 is 1.05 bits per heavy atom. The van der Waals surface area contributed by atoms with Crippen LogP contribution >= 0.6 is 23.2 Å². The number of halogens is 2. The molecule has 2 rings (SSSR count). The van der Waals surface area contributed by atoms with Gasteiger partial charge in [0.2, 0.25) is 0 Å². The largest absolute Gasteiger partial charge is 0.220 e. The summed E-state index contributed by atoms with van der Waals surface area (Å²) in [5.74, 6) is 1.17. The van der Waals surface area contributed by atoms with Crippen LogP contribution < -0.4 is 0 Å². The van der Waals surface area contributed by atoms with Gasteiger partial charge in [-0.05, 0) is 24.0 Å². The Morgan fingerprint density at radius 2 is 1.63 bits per heavy atom. The zero-order chi connectivity index (χ0) is 14.0. The van der Waals surface area contributed by atoms with E-state index in [0.29, 0.717) is 27.6 Å². The molecular formula is C15H16Cl2N2. The van der Waals surface area contributed by atoms with Gasteiger partial charge in [0.15, 0.2) is 0 Å². The van der Waals surface area contributed by atoms with Gasteiger partial charge in [-0.1, -0.05) is 61.3 Å². The van der Waals surface area contributed by atoms with Gasteiger partial charge in [-0.2, -0.15) is 0 Å². The summed E-state index contributed by atoms with van der Waals surface area (Å²) in [4.78, 5) is 8.72. The summed E-state index contributed by atoms with van der Waals surface area (Å²) in [6, 6.07) is 7.93. The molecule has 0 N–H and O–H groups in total. The fourth-order valence-corrected chi connectivity index (χ4v) is 2.61. The minimum absolute atomic E-state index is 0.421. The number of hydrogen-bond acceptors (Lipinski definition) is 2. The summed E-state index contributed by atoms with van der Waals surface area (Å²) in [5.41, 5.74) is 2.80. The minimum atomic E-state index is 0.421. The van der Waals surface area contributed by atoms with E-state index in [9.17, 15) is 0 Å². The van der Waals surface area contributed by atoms with Crippen molar-refractivity contribution in [2.45, 2.75) is 27.2 Å². The molecule has 0 saturated heterocycles. The lowest BCUT2D eigenvalue weighted by molar-refractivity contribution is 0.621. The lowest BCUT2D eigenvalue weighted by Gasteiger charge is -2.11. The zero-order valence-corrected chi connectivity index (χ0v) is 12.8. The van der Waals surface area contributed by atoms with E-state index in [1.54, 1.807) is 0 Å². The Morgan fingerprint density at radius 3 is 2.16 bits per heavy atom. The van der Waals surface area contributed by atoms with Crippen molar-refractivity contribution in [2.75, 3.05) is 0 Å². The van der Waals surface area contributed by atoms with Gasteiger partial charge in [-0.15, -0.1) is 0 Å². The third-order valence-electron chi connectivity index (χ3n) is 2.87. The summed E-state index contributed by atoms with van der Waals surface area (Å²) >= 11 is 12.6. The predicted molar refractivity (Wildman–Crippen MR) is 80.8 cm³/mol. The second kappa shape index (κ2) is 5.89. The van der Waals surface area contributed by atoms with Gasteiger partial charge in [0.1, 0.15) is 16.1 Å². The van der Waals surface area contributed by atoms with Gasteiger partial charge in [0, 0.05) is 6.42 Å². The Balaban J connectivity index is 2.51. The molecule has 0 aliphatic heterocycles. The molecule has 0 unspecified atom stereocenters. The number of benzene rings is 1. The van der Waals surface area contributed by atoms with E-state index in [1.807, 2.05) is 31.2 Å². The molecule has 1 aromatic heterocycles. The third-order valence-corrected chi connectivity index (χ3v) is 3.42. The first kappa shape index (κ1) is 14.3. The first-order valence-corrected chi connectivity index (χ1v) is 7.02. The number of nitrogens with zero attached hydrogens (tertiary/aromatic N) is 2. The second-order valence-electron chi connectivity index (χ2n) is 5.01. The maximum Gasteiger partial charge on any atom is 0.142 e. The Labute approximate surface area is 123 Å². The fourth-order valence-electron chi connectivity index (χ4n) is 1.98. The molecule has 0 aliphatic rings. The molecule has 4 heteroatoms. The number of hydrogen-bond donors (Lipinski definition) is 0. The van der Waals surface area contributed by atoms with Crippen LogP contribution in [0.4, 0.5) is 0 Å². The van der Waals surface area contributed by atoms with Gasteiger partial charge >= 0.3 is 0 Å². The fraction of sp³-hybridized carbons (Fsp3) is 0.333. The van der Waals surface area contributed by atoms with E-state index >= 15 is 0 Å². The average molecular weight is 295 g/mol. The molecule has 0 bridgehead atoms. The lowest BCUT2D eigenvalue weighted by Crippen LogP contribution is -2.03. The summed E-state index contributed by atoms with van der Waals surface area (Å²) in [6.45, 7) is 6.24. The summed E-state index contributed by atoms with van der Waals surface area (Å²) < 4.78 is 0. The molecule has 100 valence electrons. The molecule has 0 saturated carbocycles. The molecule has 0 fully saturated rings. The SMILES string of the molecule is Cc1ccccc1-c1c(Cl)nc(CC(C)C)nc1Cl. The standard InChI is InChI=1S/C15H16Cl2N2/c1-9(2)8-12-18-14(16)13(15(17)19-12)11-7-5-4-6-10(11)3/h4-7,9H,8H2,1-3H3. The van der Waals surface area contributed by atoms with E-state index < -0.39 is 0 Å². The Hall–Kier alpha value is -1.12. The van der Waals surface area contributed by atoms with Crippen LogP contribution in [-0.2, 0) is 6.42 Å². The highest BCUT2D eigenvalue weighted by molar-refractivity contribution is 6.37. The maximum atomic E-state index is 6.29. The van der Waals surface area contributed by atoms with Crippen molar-refractivity contribution in [3.8, 4) is 11.1 Å². The highest BCUT2D eigenvalue weighted by Crippen LogP contribution is 2.34. The van der Waals surface area contributed by atoms with Crippen molar-refractivity contribution in [1.82, 2.24) is 9.97 Å². The van der Waals surface area contributed by atoms with Crippen molar-refractivity contribution in [1.29, 1.82) is 0 Å². The molecule has 0 aliphatic carbocycles. The first-order valence-electron chi connectivity index (χ1n) is 6.27. The van der Waals surface area contributed by atoms with Crippen LogP contribution in [0.25, 0.3) is 11.1 Å². The van der Waals surface area contributed by atoms with E-state index in [0.717, 1.165) is 17.5 Å². The van der Waals surface area contributed by atoms with Gasteiger partial charge < -0.3 is 0 Å². The van der Waals surface area contributed by atoms with Crippen LogP contribution in [0.1, 0.15) is 25.2 Å². The molecule has 2 aromatic rings. The van der Waals surface area contributed by atoms with Crippen LogP contribution in [0, 0.1) is 12.8 Å². The first-order chi connectivity index (χ1) is 8.99. The van der Waals surface area contributed by atoms with E-state index in [2.05, 4.69) is 23.8 Å². The molecule has 19 heavy (non-hydrogen) atoms. The zero-order valence-electron chi connectivity index (χ0n) is 11.2. The topological polar surface area (TPSA) is 25.8 Å². The van der Waals surface area contributed by atoms with Crippen LogP contribution in [0.2, 0.25) is 10.3 Å². The van der Waals surface area contributed by atoms with Crippen molar-refractivity contribution < 1.29 is 0 Å². The molecule has 1 aromatic carbocycles. The van der Waals surface area contributed by atoms with E-state index in [-0.39, 0.29) is 0 Å². The van der Waals surface area contributed by atoms with Crippen LogP contribution in [0.15, 0.2) is 24.3 Å². The molecule has 0 spiro atoms. The van der Waals surface area contributed by atoms with Gasteiger partial charge in [-0.25, -0.2) is 9.97 Å². The highest BCUT2D eigenvalue weighted by Gasteiger charge is 2.15. The maximum absolute atomic E-state index is 6.29. The van der Waals surface area contributed by atoms with Gasteiger partial charge in [0.05, 0.1) is 5.56 Å². The van der Waals surface area contributed by atoms with Crippen molar-refractivity contribution >= 4 is 23.2 Å².